The molecule has 94 valence electrons. The third kappa shape index (κ3) is 1.95. The summed E-state index contributed by atoms with van der Waals surface area (Å²) in [5.74, 6) is 0. The molecule has 0 saturated carbocycles. The molecule has 1 aliphatic carbocycles. The molecule has 0 amide bonds. The van der Waals surface area contributed by atoms with Gasteiger partial charge >= 0.3 is 0 Å². The molecule has 1 heterocycles. The van der Waals surface area contributed by atoms with E-state index in [2.05, 4.69) is 39.4 Å². The van der Waals surface area contributed by atoms with Gasteiger partial charge in [-0.25, -0.2) is 0 Å². The lowest BCUT2D eigenvalue weighted by atomic mass is 9.90. The molecule has 1 aromatic carbocycles. The van der Waals surface area contributed by atoms with Crippen LogP contribution in [0.5, 0.6) is 0 Å². The quantitative estimate of drug-likeness (QED) is 0.917. The number of hydrogen-bond acceptors (Lipinski definition) is 2. The molecule has 0 spiro atoms. The van der Waals surface area contributed by atoms with Crippen LogP contribution in [0.1, 0.15) is 29.7 Å². The predicted octanol–water partition coefficient (Wildman–Crippen LogP) is 3.60. The first-order chi connectivity index (χ1) is 8.81. The van der Waals surface area contributed by atoms with E-state index in [1.807, 2.05) is 7.05 Å². The molecule has 18 heavy (non-hydrogen) atoms. The summed E-state index contributed by atoms with van der Waals surface area (Å²) in [5, 5.41) is 4.59. The van der Waals surface area contributed by atoms with E-state index in [-0.39, 0.29) is 0 Å². The molecular weight excluding hydrogens is 288 g/mol. The first-order valence-electron chi connectivity index (χ1n) is 6.54. The number of rotatable bonds is 2. The zero-order valence-corrected chi connectivity index (χ0v) is 12.2. The maximum absolute atomic E-state index is 4.88. The lowest BCUT2D eigenvalue weighted by Gasteiger charge is -2.21. The van der Waals surface area contributed by atoms with Gasteiger partial charge in [0.15, 0.2) is 0 Å². The van der Waals surface area contributed by atoms with Crippen molar-refractivity contribution in [3.63, 3.8) is 0 Å². The van der Waals surface area contributed by atoms with E-state index in [0.717, 1.165) is 23.0 Å². The fourth-order valence-corrected chi connectivity index (χ4v) is 3.34. The third-order valence-electron chi connectivity index (χ3n) is 3.72. The van der Waals surface area contributed by atoms with E-state index in [9.17, 15) is 0 Å². The number of nitrogens with zero attached hydrogens (tertiary/aromatic N) is 1. The largest absolute Gasteiger partial charge is 0.316 e. The van der Waals surface area contributed by atoms with Crippen molar-refractivity contribution in [2.45, 2.75) is 32.2 Å². The second kappa shape index (κ2) is 4.98. The minimum Gasteiger partial charge on any atom is -0.316 e. The number of aryl methyl sites for hydroxylation is 1. The van der Waals surface area contributed by atoms with Gasteiger partial charge in [-0.3, -0.25) is 4.98 Å². The van der Waals surface area contributed by atoms with Crippen LogP contribution < -0.4 is 5.32 Å². The normalized spacial score (nSPS) is 14.8. The lowest BCUT2D eigenvalue weighted by molar-refractivity contribution is 0.659. The van der Waals surface area contributed by atoms with Crippen LogP contribution in [0.4, 0.5) is 0 Å². The summed E-state index contributed by atoms with van der Waals surface area (Å²) in [7, 11) is 2.01. The van der Waals surface area contributed by atoms with Crippen molar-refractivity contribution in [3.05, 3.63) is 39.5 Å². The molecule has 0 radical (unpaired) electrons. The van der Waals surface area contributed by atoms with Crippen LogP contribution >= 0.6 is 15.9 Å². The molecule has 0 saturated heterocycles. The van der Waals surface area contributed by atoms with E-state index in [1.54, 1.807) is 0 Å². The Morgan fingerprint density at radius 3 is 2.94 bits per heavy atom. The molecule has 0 bridgehead atoms. The highest BCUT2D eigenvalue weighted by Gasteiger charge is 2.18. The van der Waals surface area contributed by atoms with Crippen LogP contribution in [0.15, 0.2) is 22.7 Å². The maximum Gasteiger partial charge on any atom is 0.0850 e. The molecule has 1 aromatic heterocycles. The summed E-state index contributed by atoms with van der Waals surface area (Å²) in [5.41, 5.74) is 5.36. The molecule has 2 nitrogen and oxygen atoms in total. The number of aromatic nitrogens is 1. The number of halogens is 1. The number of pyridine rings is 1. The summed E-state index contributed by atoms with van der Waals surface area (Å²) >= 11 is 3.63. The van der Waals surface area contributed by atoms with Crippen LogP contribution in [-0.2, 0) is 19.4 Å². The Balaban J connectivity index is 2.33. The van der Waals surface area contributed by atoms with Gasteiger partial charge in [0.2, 0.25) is 0 Å². The zero-order valence-electron chi connectivity index (χ0n) is 10.6. The Morgan fingerprint density at radius 2 is 2.11 bits per heavy atom. The Kier molecular flexibility index (Phi) is 3.35. The van der Waals surface area contributed by atoms with Gasteiger partial charge in [0.05, 0.1) is 5.52 Å². The summed E-state index contributed by atoms with van der Waals surface area (Å²) in [4.78, 5) is 4.88. The van der Waals surface area contributed by atoms with E-state index >= 15 is 0 Å². The molecule has 1 N–H and O–H groups in total. The van der Waals surface area contributed by atoms with Crippen molar-refractivity contribution in [1.82, 2.24) is 10.3 Å². The van der Waals surface area contributed by atoms with Gasteiger partial charge in [-0.1, -0.05) is 12.1 Å². The first kappa shape index (κ1) is 12.1. The fraction of sp³-hybridized carbons (Fsp3) is 0.400. The summed E-state index contributed by atoms with van der Waals surface area (Å²) < 4.78 is 1.10. The number of benzene rings is 1. The second-order valence-corrected chi connectivity index (χ2v) is 5.74. The molecule has 2 aromatic rings. The van der Waals surface area contributed by atoms with Crippen LogP contribution in [0.3, 0.4) is 0 Å². The highest BCUT2D eigenvalue weighted by atomic mass is 79.9. The molecule has 3 heteroatoms. The average Bonchev–Trinajstić information content (AvgIpc) is 2.40. The summed E-state index contributed by atoms with van der Waals surface area (Å²) in [6.07, 6.45) is 4.88. The van der Waals surface area contributed by atoms with Gasteiger partial charge in [-0.2, -0.15) is 0 Å². The zero-order chi connectivity index (χ0) is 12.5. The Labute approximate surface area is 116 Å². The van der Waals surface area contributed by atoms with Crippen molar-refractivity contribution >= 4 is 26.8 Å². The highest BCUT2D eigenvalue weighted by Crippen LogP contribution is 2.32. The van der Waals surface area contributed by atoms with Crippen LogP contribution in [-0.4, -0.2) is 12.0 Å². The molecule has 3 rings (SSSR count). The third-order valence-corrected chi connectivity index (χ3v) is 4.36. The first-order valence-corrected chi connectivity index (χ1v) is 7.34. The van der Waals surface area contributed by atoms with Crippen molar-refractivity contribution in [2.75, 3.05) is 7.05 Å². The Morgan fingerprint density at radius 1 is 1.28 bits per heavy atom. The van der Waals surface area contributed by atoms with E-state index in [4.69, 9.17) is 4.98 Å². The van der Waals surface area contributed by atoms with Crippen LogP contribution in [0.25, 0.3) is 10.9 Å². The van der Waals surface area contributed by atoms with Crippen molar-refractivity contribution in [3.8, 4) is 0 Å². The maximum atomic E-state index is 4.88. The van der Waals surface area contributed by atoms with Gasteiger partial charge in [0, 0.05) is 22.1 Å². The van der Waals surface area contributed by atoms with Gasteiger partial charge in [0.1, 0.15) is 0 Å². The van der Waals surface area contributed by atoms with Gasteiger partial charge in [-0.05, 0) is 65.9 Å². The standard InChI is InChI=1S/C15H17BrN2/c1-17-9-12-10-5-2-3-8-14(10)18-15-11(12)6-4-7-13(15)16/h4,6-7,17H,2-3,5,8-9H2,1H3. The molecule has 0 atom stereocenters. The minimum atomic E-state index is 0.928. The van der Waals surface area contributed by atoms with Gasteiger partial charge in [0.25, 0.3) is 0 Å². The number of fused-ring (bicyclic) bond motifs is 2. The summed E-state index contributed by atoms with van der Waals surface area (Å²) in [6, 6.07) is 6.37. The Bertz CT molecular complexity index is 593. The number of para-hydroxylation sites is 1. The van der Waals surface area contributed by atoms with Crippen molar-refractivity contribution in [2.24, 2.45) is 0 Å². The lowest BCUT2D eigenvalue weighted by Crippen LogP contribution is -2.14. The fourth-order valence-electron chi connectivity index (χ4n) is 2.89. The smallest absolute Gasteiger partial charge is 0.0850 e. The molecule has 1 aliphatic rings. The SMILES string of the molecule is CNCc1c2c(nc3c(Br)cccc13)CCCC2. The van der Waals surface area contributed by atoms with Crippen LogP contribution in [0.2, 0.25) is 0 Å². The Hall–Kier alpha value is -0.930. The van der Waals surface area contributed by atoms with Gasteiger partial charge < -0.3 is 5.32 Å². The number of nitrogens with one attached hydrogen (secondary N) is 1. The van der Waals surface area contributed by atoms with Crippen molar-refractivity contribution in [1.29, 1.82) is 0 Å². The van der Waals surface area contributed by atoms with Gasteiger partial charge in [-0.15, -0.1) is 0 Å². The summed E-state index contributed by atoms with van der Waals surface area (Å²) in [6.45, 7) is 0.928. The molecule has 0 aliphatic heterocycles. The second-order valence-electron chi connectivity index (χ2n) is 4.89. The molecule has 0 unspecified atom stereocenters. The van der Waals surface area contributed by atoms with E-state index in [0.29, 0.717) is 0 Å². The highest BCUT2D eigenvalue weighted by molar-refractivity contribution is 9.10. The number of hydrogen-bond donors (Lipinski definition) is 1. The average molecular weight is 305 g/mol. The monoisotopic (exact) mass is 304 g/mol. The van der Waals surface area contributed by atoms with Crippen molar-refractivity contribution < 1.29 is 0 Å². The molecule has 0 fully saturated rings. The minimum absolute atomic E-state index is 0.928. The molecular formula is C15H17BrN2. The van der Waals surface area contributed by atoms with E-state index < -0.39 is 0 Å². The predicted molar refractivity (Wildman–Crippen MR) is 78.8 cm³/mol. The van der Waals surface area contributed by atoms with Crippen LogP contribution in [0, 0.1) is 0 Å². The topological polar surface area (TPSA) is 24.9 Å². The van der Waals surface area contributed by atoms with E-state index in [1.165, 1.54) is 41.5 Å².